The summed E-state index contributed by atoms with van der Waals surface area (Å²) in [4.78, 5) is 11.8. The van der Waals surface area contributed by atoms with Crippen molar-refractivity contribution in [3.8, 4) is 16.9 Å². The largest absolute Gasteiger partial charge is 0.492 e. The maximum absolute atomic E-state index is 11.8. The van der Waals surface area contributed by atoms with E-state index in [1.807, 2.05) is 19.1 Å². The summed E-state index contributed by atoms with van der Waals surface area (Å²) >= 11 is 3.54. The van der Waals surface area contributed by atoms with Gasteiger partial charge >= 0.3 is 5.63 Å². The Bertz CT molecular complexity index is 1000. The van der Waals surface area contributed by atoms with E-state index in [9.17, 15) is 4.79 Å². The first kappa shape index (κ1) is 14.5. The van der Waals surface area contributed by atoms with Crippen LogP contribution in [0, 0.1) is 13.8 Å². The van der Waals surface area contributed by atoms with Crippen LogP contribution in [0.4, 0.5) is 0 Å². The lowest BCUT2D eigenvalue weighted by atomic mass is 9.91. The van der Waals surface area contributed by atoms with E-state index in [0.717, 1.165) is 49.8 Å². The number of hydrogen-bond donors (Lipinski definition) is 0. The van der Waals surface area contributed by atoms with E-state index in [1.54, 1.807) is 6.07 Å². The first-order valence-corrected chi connectivity index (χ1v) is 8.34. The van der Waals surface area contributed by atoms with Crippen molar-refractivity contribution in [2.24, 2.45) is 0 Å². The van der Waals surface area contributed by atoms with Crippen LogP contribution in [0.1, 0.15) is 16.7 Å². The highest BCUT2D eigenvalue weighted by Gasteiger charge is 2.26. The lowest BCUT2D eigenvalue weighted by molar-refractivity contribution is 0.358. The molecule has 3 aromatic rings. The summed E-state index contributed by atoms with van der Waals surface area (Å²) in [5.74, 6) is 0.849. The highest BCUT2D eigenvalue weighted by Crippen LogP contribution is 2.45. The summed E-state index contributed by atoms with van der Waals surface area (Å²) in [5, 5.41) is 1.02. The number of hydrogen-bond acceptors (Lipinski definition) is 3. The molecule has 0 spiro atoms. The molecule has 1 aliphatic rings. The van der Waals surface area contributed by atoms with Gasteiger partial charge in [-0.15, -0.1) is 0 Å². The molecule has 1 aromatic heterocycles. The number of halogens is 1. The maximum Gasteiger partial charge on any atom is 0.336 e. The highest BCUT2D eigenvalue weighted by molar-refractivity contribution is 9.10. The van der Waals surface area contributed by atoms with Gasteiger partial charge in [-0.25, -0.2) is 4.79 Å². The Balaban J connectivity index is 2.18. The van der Waals surface area contributed by atoms with Crippen molar-refractivity contribution < 1.29 is 9.15 Å². The molecule has 0 radical (unpaired) electrons. The second-order valence-electron chi connectivity index (χ2n) is 5.87. The predicted octanol–water partition coefficient (Wildman–Crippen LogP) is 4.77. The van der Waals surface area contributed by atoms with Gasteiger partial charge in [0.25, 0.3) is 0 Å². The Morgan fingerprint density at radius 1 is 1.17 bits per heavy atom. The van der Waals surface area contributed by atoms with Gasteiger partial charge in [0.1, 0.15) is 11.3 Å². The molecule has 0 atom stereocenters. The van der Waals surface area contributed by atoms with Crippen LogP contribution in [0.25, 0.3) is 22.1 Å². The Morgan fingerprint density at radius 2 is 2.00 bits per heavy atom. The smallest absolute Gasteiger partial charge is 0.336 e. The fourth-order valence-corrected chi connectivity index (χ4v) is 3.87. The van der Waals surface area contributed by atoms with Gasteiger partial charge in [0.05, 0.1) is 6.61 Å². The van der Waals surface area contributed by atoms with Gasteiger partial charge in [-0.3, -0.25) is 0 Å². The Morgan fingerprint density at radius 3 is 2.78 bits per heavy atom. The van der Waals surface area contributed by atoms with Crippen molar-refractivity contribution in [2.75, 3.05) is 6.61 Å². The van der Waals surface area contributed by atoms with Crippen LogP contribution in [-0.2, 0) is 6.42 Å². The quantitative estimate of drug-likeness (QED) is 0.579. The van der Waals surface area contributed by atoms with Crippen molar-refractivity contribution in [3.63, 3.8) is 0 Å². The zero-order valence-corrected chi connectivity index (χ0v) is 14.5. The van der Waals surface area contributed by atoms with Gasteiger partial charge in [-0.05, 0) is 42.7 Å². The zero-order chi connectivity index (χ0) is 16.1. The van der Waals surface area contributed by atoms with Gasteiger partial charge in [-0.2, -0.15) is 0 Å². The minimum Gasteiger partial charge on any atom is -0.492 e. The molecule has 0 fully saturated rings. The molecule has 0 aliphatic carbocycles. The summed E-state index contributed by atoms with van der Waals surface area (Å²) < 4.78 is 12.5. The fraction of sp³-hybridized carbons (Fsp3) is 0.211. The molecule has 4 rings (SSSR count). The molecule has 23 heavy (non-hydrogen) atoms. The van der Waals surface area contributed by atoms with E-state index in [2.05, 4.69) is 35.0 Å². The van der Waals surface area contributed by atoms with E-state index in [4.69, 9.17) is 9.15 Å². The lowest BCUT2D eigenvalue weighted by Crippen LogP contribution is -2.02. The second-order valence-corrected chi connectivity index (χ2v) is 6.78. The van der Waals surface area contributed by atoms with E-state index in [0.29, 0.717) is 12.2 Å². The molecule has 0 saturated carbocycles. The predicted molar refractivity (Wildman–Crippen MR) is 94.3 cm³/mol. The maximum atomic E-state index is 11.8. The molecule has 2 heterocycles. The third kappa shape index (κ3) is 2.20. The number of fused-ring (bicyclic) bond motifs is 3. The molecule has 4 heteroatoms. The number of rotatable bonds is 1. The van der Waals surface area contributed by atoms with Crippen LogP contribution in [0.15, 0.2) is 44.0 Å². The second kappa shape index (κ2) is 5.24. The summed E-state index contributed by atoms with van der Waals surface area (Å²) in [5.41, 5.74) is 5.59. The third-order valence-electron chi connectivity index (χ3n) is 4.40. The molecule has 2 aromatic carbocycles. The minimum atomic E-state index is -0.307. The minimum absolute atomic E-state index is 0.307. The van der Waals surface area contributed by atoms with Gasteiger partial charge in [0, 0.05) is 33.5 Å². The van der Waals surface area contributed by atoms with Crippen molar-refractivity contribution >= 4 is 26.9 Å². The monoisotopic (exact) mass is 370 g/mol. The molecule has 0 amide bonds. The van der Waals surface area contributed by atoms with Gasteiger partial charge in [-0.1, -0.05) is 28.1 Å². The fourth-order valence-electron chi connectivity index (χ4n) is 3.47. The number of benzene rings is 2. The Labute approximate surface area is 142 Å². The number of ether oxygens (including phenoxy) is 1. The SMILES string of the molecule is Cc1cc(=O)oc2c3c(c(-c4cccc(Br)c4)c(C)c12)OCC3. The van der Waals surface area contributed by atoms with Crippen molar-refractivity contribution in [2.45, 2.75) is 20.3 Å². The molecule has 0 saturated heterocycles. The van der Waals surface area contributed by atoms with E-state index in [1.165, 1.54) is 0 Å². The first-order chi connectivity index (χ1) is 11.1. The normalized spacial score (nSPS) is 13.2. The first-order valence-electron chi connectivity index (χ1n) is 7.55. The molecular weight excluding hydrogens is 356 g/mol. The molecule has 0 unspecified atom stereocenters. The van der Waals surface area contributed by atoms with Crippen LogP contribution < -0.4 is 10.4 Å². The van der Waals surface area contributed by atoms with Crippen LogP contribution >= 0.6 is 15.9 Å². The van der Waals surface area contributed by atoms with Crippen LogP contribution in [-0.4, -0.2) is 6.61 Å². The molecule has 1 aliphatic heterocycles. The summed E-state index contributed by atoms with van der Waals surface area (Å²) in [6.45, 7) is 4.64. The highest BCUT2D eigenvalue weighted by atomic mass is 79.9. The van der Waals surface area contributed by atoms with Crippen molar-refractivity contribution in [1.29, 1.82) is 0 Å². The average Bonchev–Trinajstić information content (AvgIpc) is 2.96. The van der Waals surface area contributed by atoms with Gasteiger partial charge in [0.15, 0.2) is 0 Å². The van der Waals surface area contributed by atoms with Crippen LogP contribution in [0.3, 0.4) is 0 Å². The van der Waals surface area contributed by atoms with E-state index in [-0.39, 0.29) is 5.63 Å². The summed E-state index contributed by atoms with van der Waals surface area (Å²) in [6, 6.07) is 9.75. The molecule has 116 valence electrons. The molecular formula is C19H15BrO3. The standard InChI is InChI=1S/C19H15BrO3/c1-10-8-15(21)23-19-14-6-7-22-18(14)17(11(2)16(10)19)12-4-3-5-13(20)9-12/h3-5,8-9H,6-7H2,1-2H3. The van der Waals surface area contributed by atoms with E-state index >= 15 is 0 Å². The van der Waals surface area contributed by atoms with Gasteiger partial charge < -0.3 is 9.15 Å². The van der Waals surface area contributed by atoms with Crippen molar-refractivity contribution in [1.82, 2.24) is 0 Å². The molecule has 0 N–H and O–H groups in total. The molecule has 0 bridgehead atoms. The summed E-state index contributed by atoms with van der Waals surface area (Å²) in [6.07, 6.45) is 0.763. The van der Waals surface area contributed by atoms with Crippen LogP contribution in [0.2, 0.25) is 0 Å². The van der Waals surface area contributed by atoms with E-state index < -0.39 is 0 Å². The summed E-state index contributed by atoms with van der Waals surface area (Å²) in [7, 11) is 0. The molecule has 3 nitrogen and oxygen atoms in total. The Hall–Kier alpha value is -2.07. The third-order valence-corrected chi connectivity index (χ3v) is 4.89. The average molecular weight is 371 g/mol. The van der Waals surface area contributed by atoms with Gasteiger partial charge in [0.2, 0.25) is 0 Å². The topological polar surface area (TPSA) is 39.4 Å². The lowest BCUT2D eigenvalue weighted by Gasteiger charge is -2.16. The zero-order valence-electron chi connectivity index (χ0n) is 12.9. The Kier molecular flexibility index (Phi) is 3.31. The van der Waals surface area contributed by atoms with Crippen LogP contribution in [0.5, 0.6) is 5.75 Å². The number of aryl methyl sites for hydroxylation is 2. The van der Waals surface area contributed by atoms with Crippen molar-refractivity contribution in [3.05, 3.63) is 61.9 Å².